The monoisotopic (exact) mass is 276 g/mol. The molecule has 0 aromatic carbocycles. The Kier molecular flexibility index (Phi) is 4.20. The highest BCUT2D eigenvalue weighted by molar-refractivity contribution is 7.18. The van der Waals surface area contributed by atoms with Gasteiger partial charge in [0.05, 0.1) is 13.2 Å². The van der Waals surface area contributed by atoms with Crippen molar-refractivity contribution in [3.63, 3.8) is 0 Å². The average Bonchev–Trinajstić information content (AvgIpc) is 2.94. The van der Waals surface area contributed by atoms with Gasteiger partial charge in [0.2, 0.25) is 0 Å². The second-order valence-electron chi connectivity index (χ2n) is 3.65. The maximum atomic E-state index is 11.3. The maximum absolute atomic E-state index is 11.3. The fraction of sp³-hybridized carbons (Fsp3) is 0.600. The number of rotatable bonds is 4. The van der Waals surface area contributed by atoms with Crippen LogP contribution in [0.15, 0.2) is 0 Å². The first-order valence-electron chi connectivity index (χ1n) is 5.31. The fourth-order valence-electron chi connectivity index (χ4n) is 1.60. The number of nitrogens with zero attached hydrogens (tertiary/aromatic N) is 1. The minimum atomic E-state index is -0.460. The number of nitrogens with one attached hydrogen (secondary N) is 1. The zero-order valence-corrected chi connectivity index (χ0v) is 10.9. The van der Waals surface area contributed by atoms with E-state index in [1.807, 2.05) is 0 Å². The van der Waals surface area contributed by atoms with Gasteiger partial charge in [-0.1, -0.05) is 22.9 Å². The molecular formula is C10H13ClN2O3S. The molecular weight excluding hydrogens is 264 g/mol. The van der Waals surface area contributed by atoms with Crippen molar-refractivity contribution in [1.29, 1.82) is 0 Å². The number of carbonyl (C=O) groups excluding carboxylic acids is 1. The predicted molar refractivity (Wildman–Crippen MR) is 65.9 cm³/mol. The summed E-state index contributed by atoms with van der Waals surface area (Å²) >= 11 is 7.03. The van der Waals surface area contributed by atoms with Crippen molar-refractivity contribution in [1.82, 2.24) is 4.98 Å². The molecule has 0 saturated carbocycles. The summed E-state index contributed by atoms with van der Waals surface area (Å²) in [6.45, 7) is 1.50. The van der Waals surface area contributed by atoms with Crippen LogP contribution in [0.4, 0.5) is 5.13 Å². The summed E-state index contributed by atoms with van der Waals surface area (Å²) in [4.78, 5) is 15.7. The van der Waals surface area contributed by atoms with E-state index < -0.39 is 5.97 Å². The predicted octanol–water partition coefficient (Wildman–Crippen LogP) is 2.17. The second kappa shape index (κ2) is 5.66. The van der Waals surface area contributed by atoms with Crippen LogP contribution in [-0.4, -0.2) is 37.3 Å². The van der Waals surface area contributed by atoms with Crippen LogP contribution in [-0.2, 0) is 9.47 Å². The number of halogens is 1. The smallest absolute Gasteiger partial charge is 0.351 e. The molecule has 0 amide bonds. The van der Waals surface area contributed by atoms with Gasteiger partial charge in [0.15, 0.2) is 15.2 Å². The molecule has 2 heterocycles. The van der Waals surface area contributed by atoms with E-state index in [1.54, 1.807) is 0 Å². The van der Waals surface area contributed by atoms with Crippen molar-refractivity contribution in [2.24, 2.45) is 0 Å². The van der Waals surface area contributed by atoms with Crippen molar-refractivity contribution < 1.29 is 14.3 Å². The SMILES string of the molecule is COC(=O)c1sc(NCC2CCCO2)nc1Cl. The van der Waals surface area contributed by atoms with E-state index in [1.165, 1.54) is 18.4 Å². The summed E-state index contributed by atoms with van der Waals surface area (Å²) < 4.78 is 10.1. The Bertz CT molecular complexity index is 404. The molecule has 17 heavy (non-hydrogen) atoms. The van der Waals surface area contributed by atoms with Crippen molar-refractivity contribution in [2.45, 2.75) is 18.9 Å². The molecule has 0 radical (unpaired) electrons. The lowest BCUT2D eigenvalue weighted by Gasteiger charge is -2.08. The Morgan fingerprint density at radius 1 is 1.76 bits per heavy atom. The number of esters is 1. The summed E-state index contributed by atoms with van der Waals surface area (Å²) in [5.74, 6) is -0.460. The van der Waals surface area contributed by atoms with Crippen molar-refractivity contribution >= 4 is 34.0 Å². The zero-order chi connectivity index (χ0) is 12.3. The second-order valence-corrected chi connectivity index (χ2v) is 5.00. The van der Waals surface area contributed by atoms with Crippen LogP contribution >= 0.6 is 22.9 Å². The first-order chi connectivity index (χ1) is 8.20. The molecule has 1 unspecified atom stereocenters. The maximum Gasteiger partial charge on any atom is 0.351 e. The van der Waals surface area contributed by atoms with E-state index in [9.17, 15) is 4.79 Å². The van der Waals surface area contributed by atoms with Crippen LogP contribution < -0.4 is 5.32 Å². The van der Waals surface area contributed by atoms with Crippen LogP contribution in [0.2, 0.25) is 5.15 Å². The van der Waals surface area contributed by atoms with Gasteiger partial charge in [0.25, 0.3) is 0 Å². The third-order valence-corrected chi connectivity index (χ3v) is 3.84. The Morgan fingerprint density at radius 2 is 2.59 bits per heavy atom. The molecule has 0 bridgehead atoms. The molecule has 5 nitrogen and oxygen atoms in total. The number of ether oxygens (including phenoxy) is 2. The van der Waals surface area contributed by atoms with Gasteiger partial charge in [-0.3, -0.25) is 0 Å². The van der Waals surface area contributed by atoms with Crippen molar-refractivity contribution in [2.75, 3.05) is 25.6 Å². The Morgan fingerprint density at radius 3 is 3.24 bits per heavy atom. The molecule has 1 aromatic heterocycles. The Labute approximate surface area is 108 Å². The van der Waals surface area contributed by atoms with Crippen LogP contribution in [0.1, 0.15) is 22.5 Å². The summed E-state index contributed by atoms with van der Waals surface area (Å²) in [6.07, 6.45) is 2.37. The van der Waals surface area contributed by atoms with Crippen LogP contribution in [0, 0.1) is 0 Å². The van der Waals surface area contributed by atoms with E-state index in [0.29, 0.717) is 16.6 Å². The molecule has 1 aliphatic heterocycles. The number of aromatic nitrogens is 1. The number of thiazole rings is 1. The minimum Gasteiger partial charge on any atom is -0.465 e. The Balaban J connectivity index is 1.94. The normalized spacial score (nSPS) is 19.3. The van der Waals surface area contributed by atoms with Crippen LogP contribution in [0.25, 0.3) is 0 Å². The molecule has 94 valence electrons. The molecule has 7 heteroatoms. The molecule has 1 aromatic rings. The molecule has 1 atom stereocenters. The standard InChI is InChI=1S/C10H13ClN2O3S/c1-15-9(14)7-8(11)13-10(17-7)12-5-6-3-2-4-16-6/h6H,2-5H2,1H3,(H,12,13). The molecule has 1 aliphatic rings. The van der Waals surface area contributed by atoms with E-state index in [4.69, 9.17) is 16.3 Å². The quantitative estimate of drug-likeness (QED) is 0.854. The summed E-state index contributed by atoms with van der Waals surface area (Å²) in [7, 11) is 1.32. The summed E-state index contributed by atoms with van der Waals surface area (Å²) in [6, 6.07) is 0. The number of anilines is 1. The van der Waals surface area contributed by atoms with E-state index >= 15 is 0 Å². The lowest BCUT2D eigenvalue weighted by molar-refractivity contribution is 0.0606. The number of hydrogen-bond donors (Lipinski definition) is 1. The van der Waals surface area contributed by atoms with Gasteiger partial charge in [-0.2, -0.15) is 0 Å². The third kappa shape index (κ3) is 3.08. The van der Waals surface area contributed by atoms with Gasteiger partial charge in [-0.15, -0.1) is 0 Å². The van der Waals surface area contributed by atoms with Crippen LogP contribution in [0.3, 0.4) is 0 Å². The molecule has 2 rings (SSSR count). The van der Waals surface area contributed by atoms with Gasteiger partial charge in [-0.05, 0) is 12.8 Å². The Hall–Kier alpha value is -0.850. The van der Waals surface area contributed by atoms with Crippen molar-refractivity contribution in [3.8, 4) is 0 Å². The van der Waals surface area contributed by atoms with Gasteiger partial charge in [-0.25, -0.2) is 9.78 Å². The molecule has 1 N–H and O–H groups in total. The number of methoxy groups -OCH3 is 1. The van der Waals surface area contributed by atoms with Crippen molar-refractivity contribution in [3.05, 3.63) is 10.0 Å². The molecule has 0 aliphatic carbocycles. The summed E-state index contributed by atoms with van der Waals surface area (Å²) in [5, 5.41) is 3.91. The largest absolute Gasteiger partial charge is 0.465 e. The van der Waals surface area contributed by atoms with E-state index in [2.05, 4.69) is 15.0 Å². The highest BCUT2D eigenvalue weighted by Crippen LogP contribution is 2.27. The average molecular weight is 277 g/mol. The van der Waals surface area contributed by atoms with E-state index in [0.717, 1.165) is 19.4 Å². The topological polar surface area (TPSA) is 60.5 Å². The molecule has 0 spiro atoms. The number of hydrogen-bond acceptors (Lipinski definition) is 6. The van der Waals surface area contributed by atoms with Crippen LogP contribution in [0.5, 0.6) is 0 Å². The lowest BCUT2D eigenvalue weighted by atomic mass is 10.2. The fourth-order valence-corrected chi connectivity index (χ4v) is 2.71. The first-order valence-corrected chi connectivity index (χ1v) is 6.50. The third-order valence-electron chi connectivity index (χ3n) is 2.46. The minimum absolute atomic E-state index is 0.177. The number of carbonyl (C=O) groups is 1. The van der Waals surface area contributed by atoms with E-state index in [-0.39, 0.29) is 11.3 Å². The van der Waals surface area contributed by atoms with Gasteiger partial charge < -0.3 is 14.8 Å². The van der Waals surface area contributed by atoms with Gasteiger partial charge in [0, 0.05) is 13.2 Å². The summed E-state index contributed by atoms with van der Waals surface area (Å²) in [5.41, 5.74) is 0. The van der Waals surface area contributed by atoms with Gasteiger partial charge >= 0.3 is 5.97 Å². The molecule has 1 fully saturated rings. The zero-order valence-electron chi connectivity index (χ0n) is 9.36. The van der Waals surface area contributed by atoms with Gasteiger partial charge in [0.1, 0.15) is 0 Å². The highest BCUT2D eigenvalue weighted by Gasteiger charge is 2.19. The lowest BCUT2D eigenvalue weighted by Crippen LogP contribution is -2.18. The highest BCUT2D eigenvalue weighted by atomic mass is 35.5. The molecule has 1 saturated heterocycles. The first kappa shape index (κ1) is 12.6.